The molecule has 0 fully saturated rings. The summed E-state index contributed by atoms with van der Waals surface area (Å²) in [6, 6.07) is 17.7. The summed E-state index contributed by atoms with van der Waals surface area (Å²) in [6.07, 6.45) is 4.43. The number of likely N-dealkylation sites (N-methyl/N-ethyl adjacent to an activating group) is 1. The van der Waals surface area contributed by atoms with Crippen LogP contribution in [0.4, 0.5) is 0 Å². The summed E-state index contributed by atoms with van der Waals surface area (Å²) in [5.41, 5.74) is 2.06. The van der Waals surface area contributed by atoms with E-state index in [0.717, 1.165) is 16.9 Å². The largest absolute Gasteiger partial charge is 0.496 e. The Balaban J connectivity index is 1.97. The smallest absolute Gasteiger partial charge is 0.227 e. The van der Waals surface area contributed by atoms with E-state index in [1.807, 2.05) is 78.6 Å². The van der Waals surface area contributed by atoms with E-state index in [0.29, 0.717) is 19.5 Å². The molecule has 0 unspecified atom stereocenters. The zero-order chi connectivity index (χ0) is 16.5. The Morgan fingerprint density at radius 3 is 2.48 bits per heavy atom. The van der Waals surface area contributed by atoms with Gasteiger partial charge in [-0.15, -0.1) is 0 Å². The molecule has 0 atom stereocenters. The van der Waals surface area contributed by atoms with Crippen molar-refractivity contribution in [3.8, 4) is 5.75 Å². The van der Waals surface area contributed by atoms with Gasteiger partial charge in [0.1, 0.15) is 5.75 Å². The number of nitrogens with zero attached hydrogens (tertiary/aromatic N) is 1. The lowest BCUT2D eigenvalue weighted by Crippen LogP contribution is -2.32. The Morgan fingerprint density at radius 2 is 1.78 bits per heavy atom. The number of methoxy groups -OCH3 is 1. The van der Waals surface area contributed by atoms with Gasteiger partial charge in [-0.2, -0.15) is 0 Å². The molecule has 120 valence electrons. The minimum Gasteiger partial charge on any atom is -0.496 e. The van der Waals surface area contributed by atoms with Gasteiger partial charge in [0, 0.05) is 18.7 Å². The van der Waals surface area contributed by atoms with Crippen LogP contribution in [0.2, 0.25) is 0 Å². The molecule has 0 saturated carbocycles. The van der Waals surface area contributed by atoms with E-state index in [-0.39, 0.29) is 5.91 Å². The molecule has 0 spiro atoms. The first-order valence-electron chi connectivity index (χ1n) is 7.86. The van der Waals surface area contributed by atoms with Crippen molar-refractivity contribution in [2.24, 2.45) is 0 Å². The van der Waals surface area contributed by atoms with Gasteiger partial charge in [-0.25, -0.2) is 0 Å². The number of carbonyl (C=O) groups is 1. The van der Waals surface area contributed by atoms with Crippen molar-refractivity contribution < 1.29 is 9.53 Å². The van der Waals surface area contributed by atoms with Gasteiger partial charge in [0.15, 0.2) is 0 Å². The van der Waals surface area contributed by atoms with Crippen molar-refractivity contribution in [1.82, 2.24) is 4.90 Å². The topological polar surface area (TPSA) is 29.5 Å². The summed E-state index contributed by atoms with van der Waals surface area (Å²) in [4.78, 5) is 14.3. The van der Waals surface area contributed by atoms with Crippen molar-refractivity contribution >= 4 is 12.0 Å². The minimum absolute atomic E-state index is 0.106. The van der Waals surface area contributed by atoms with Gasteiger partial charge in [-0.3, -0.25) is 4.79 Å². The normalized spacial score (nSPS) is 10.7. The third-order valence-electron chi connectivity index (χ3n) is 3.70. The maximum absolute atomic E-state index is 12.5. The van der Waals surface area contributed by atoms with Crippen LogP contribution >= 0.6 is 0 Å². The van der Waals surface area contributed by atoms with Crippen LogP contribution in [0.15, 0.2) is 60.7 Å². The summed E-state index contributed by atoms with van der Waals surface area (Å²) in [5, 5.41) is 0. The number of carbonyl (C=O) groups excluding carboxylic acids is 1. The van der Waals surface area contributed by atoms with Gasteiger partial charge in [0.2, 0.25) is 5.91 Å². The first-order chi connectivity index (χ1) is 11.2. The third-order valence-corrected chi connectivity index (χ3v) is 3.70. The fraction of sp³-hybridized carbons (Fsp3) is 0.250. The lowest BCUT2D eigenvalue weighted by Gasteiger charge is -2.19. The van der Waals surface area contributed by atoms with E-state index in [9.17, 15) is 4.79 Å². The average Bonchev–Trinajstić information content (AvgIpc) is 2.60. The number of amides is 1. The molecule has 0 radical (unpaired) electrons. The highest BCUT2D eigenvalue weighted by Gasteiger charge is 2.13. The lowest BCUT2D eigenvalue weighted by molar-refractivity contribution is -0.129. The van der Waals surface area contributed by atoms with Crippen LogP contribution in [0.25, 0.3) is 6.08 Å². The Bertz CT molecular complexity index is 650. The first kappa shape index (κ1) is 16.8. The molecular formula is C20H23NO2. The standard InChI is InChI=1S/C20H23NO2/c1-3-21(15-9-12-17-10-5-4-6-11-17)20(22)16-18-13-7-8-14-19(18)23-2/h4-14H,3,15-16H2,1-2H3/b12-9+. The van der Waals surface area contributed by atoms with Crippen LogP contribution in [0.5, 0.6) is 5.75 Å². The van der Waals surface area contributed by atoms with Crippen LogP contribution in [-0.4, -0.2) is 31.0 Å². The minimum atomic E-state index is 0.106. The highest BCUT2D eigenvalue weighted by atomic mass is 16.5. The van der Waals surface area contributed by atoms with Crippen molar-refractivity contribution in [3.05, 3.63) is 71.8 Å². The Labute approximate surface area is 138 Å². The van der Waals surface area contributed by atoms with Crippen LogP contribution in [0.3, 0.4) is 0 Å². The molecule has 3 nitrogen and oxygen atoms in total. The molecule has 2 aromatic carbocycles. The predicted octanol–water partition coefficient (Wildman–Crippen LogP) is 3.80. The summed E-state index contributed by atoms with van der Waals surface area (Å²) < 4.78 is 5.31. The highest BCUT2D eigenvalue weighted by Crippen LogP contribution is 2.18. The predicted molar refractivity (Wildman–Crippen MR) is 94.4 cm³/mol. The van der Waals surface area contributed by atoms with Gasteiger partial charge in [-0.05, 0) is 18.6 Å². The summed E-state index contributed by atoms with van der Waals surface area (Å²) >= 11 is 0. The molecule has 0 heterocycles. The molecule has 2 rings (SSSR count). The average molecular weight is 309 g/mol. The molecule has 0 aromatic heterocycles. The Kier molecular flexibility index (Phi) is 6.42. The quantitative estimate of drug-likeness (QED) is 0.778. The Morgan fingerprint density at radius 1 is 1.09 bits per heavy atom. The van der Waals surface area contributed by atoms with E-state index in [2.05, 4.69) is 0 Å². The van der Waals surface area contributed by atoms with E-state index < -0.39 is 0 Å². The van der Waals surface area contributed by atoms with Crippen molar-refractivity contribution in [2.45, 2.75) is 13.3 Å². The maximum Gasteiger partial charge on any atom is 0.227 e. The van der Waals surface area contributed by atoms with Gasteiger partial charge in [-0.1, -0.05) is 60.7 Å². The molecule has 2 aromatic rings. The fourth-order valence-corrected chi connectivity index (χ4v) is 2.41. The van der Waals surface area contributed by atoms with E-state index in [1.54, 1.807) is 7.11 Å². The molecule has 0 saturated heterocycles. The van der Waals surface area contributed by atoms with Crippen molar-refractivity contribution in [1.29, 1.82) is 0 Å². The second-order valence-corrected chi connectivity index (χ2v) is 5.23. The summed E-state index contributed by atoms with van der Waals surface area (Å²) in [6.45, 7) is 3.29. The second kappa shape index (κ2) is 8.79. The van der Waals surface area contributed by atoms with E-state index >= 15 is 0 Å². The maximum atomic E-state index is 12.5. The van der Waals surface area contributed by atoms with Crippen molar-refractivity contribution in [3.63, 3.8) is 0 Å². The van der Waals surface area contributed by atoms with Crippen LogP contribution in [0.1, 0.15) is 18.1 Å². The molecule has 3 heteroatoms. The van der Waals surface area contributed by atoms with E-state index in [4.69, 9.17) is 4.74 Å². The number of hydrogen-bond donors (Lipinski definition) is 0. The SMILES string of the molecule is CCN(C/C=C/c1ccccc1)C(=O)Cc1ccccc1OC. The summed E-state index contributed by atoms with van der Waals surface area (Å²) in [7, 11) is 1.63. The number of ether oxygens (including phenoxy) is 1. The second-order valence-electron chi connectivity index (χ2n) is 5.23. The van der Waals surface area contributed by atoms with Gasteiger partial charge in [0.05, 0.1) is 13.5 Å². The molecule has 0 N–H and O–H groups in total. The van der Waals surface area contributed by atoms with Gasteiger partial charge >= 0.3 is 0 Å². The van der Waals surface area contributed by atoms with Gasteiger partial charge < -0.3 is 9.64 Å². The van der Waals surface area contributed by atoms with Gasteiger partial charge in [0.25, 0.3) is 0 Å². The number of rotatable bonds is 7. The highest BCUT2D eigenvalue weighted by molar-refractivity contribution is 5.79. The molecule has 0 aliphatic rings. The monoisotopic (exact) mass is 309 g/mol. The summed E-state index contributed by atoms with van der Waals surface area (Å²) in [5.74, 6) is 0.867. The van der Waals surface area contributed by atoms with Crippen LogP contribution < -0.4 is 4.74 Å². The van der Waals surface area contributed by atoms with Crippen LogP contribution in [0, 0.1) is 0 Å². The molecule has 0 aliphatic heterocycles. The molecular weight excluding hydrogens is 286 g/mol. The van der Waals surface area contributed by atoms with Crippen LogP contribution in [-0.2, 0) is 11.2 Å². The molecule has 1 amide bonds. The lowest BCUT2D eigenvalue weighted by atomic mass is 10.1. The first-order valence-corrected chi connectivity index (χ1v) is 7.86. The zero-order valence-electron chi connectivity index (χ0n) is 13.7. The zero-order valence-corrected chi connectivity index (χ0v) is 13.7. The number of para-hydroxylation sites is 1. The number of hydrogen-bond acceptors (Lipinski definition) is 2. The molecule has 0 bridgehead atoms. The van der Waals surface area contributed by atoms with E-state index in [1.165, 1.54) is 0 Å². The molecule has 0 aliphatic carbocycles. The third kappa shape index (κ3) is 4.99. The van der Waals surface area contributed by atoms with Crippen molar-refractivity contribution in [2.75, 3.05) is 20.2 Å². The molecule has 23 heavy (non-hydrogen) atoms. The number of benzene rings is 2. The fourth-order valence-electron chi connectivity index (χ4n) is 2.41. The Hall–Kier alpha value is -2.55.